The predicted molar refractivity (Wildman–Crippen MR) is 137 cm³/mol. The number of aliphatic imine (C=N–C) groups is 1. The van der Waals surface area contributed by atoms with Gasteiger partial charge in [-0.25, -0.2) is 9.98 Å². The standard InChI is InChI=1S/C23H30N6O2.HI/c1-2-24-23(25-12-6-14-29-15-7-13-28-29)27-19-20-10-11-22(26-18-20)31-17-16-30-21-8-4-3-5-9-21;/h3-5,7-11,13,15,18H,2,6,12,14,16-17,19H2,1H3,(H2,24,25,27);1H. The third kappa shape index (κ3) is 9.54. The molecule has 0 radical (unpaired) electrons. The Balaban J connectivity index is 0.00000363. The first-order valence-electron chi connectivity index (χ1n) is 10.6. The number of benzene rings is 1. The third-order valence-corrected chi connectivity index (χ3v) is 4.32. The second kappa shape index (κ2) is 15.1. The highest BCUT2D eigenvalue weighted by Crippen LogP contribution is 2.10. The maximum atomic E-state index is 5.64. The van der Waals surface area contributed by atoms with Gasteiger partial charge >= 0.3 is 0 Å². The molecule has 0 unspecified atom stereocenters. The molecule has 32 heavy (non-hydrogen) atoms. The first kappa shape index (κ1) is 25.4. The predicted octanol–water partition coefficient (Wildman–Crippen LogP) is 3.50. The van der Waals surface area contributed by atoms with Gasteiger partial charge in [-0.1, -0.05) is 24.3 Å². The van der Waals surface area contributed by atoms with Gasteiger partial charge in [-0.3, -0.25) is 4.68 Å². The van der Waals surface area contributed by atoms with E-state index in [1.807, 2.05) is 59.4 Å². The van der Waals surface area contributed by atoms with Crippen molar-refractivity contribution in [1.82, 2.24) is 25.4 Å². The van der Waals surface area contributed by atoms with Crippen LogP contribution in [0.4, 0.5) is 0 Å². The van der Waals surface area contributed by atoms with Gasteiger partial charge in [0, 0.05) is 44.3 Å². The van der Waals surface area contributed by atoms with Gasteiger partial charge in [0.05, 0.1) is 6.54 Å². The average Bonchev–Trinajstić information content (AvgIpc) is 3.33. The molecular weight excluding hydrogens is 519 g/mol. The highest BCUT2D eigenvalue weighted by Gasteiger charge is 2.01. The summed E-state index contributed by atoms with van der Waals surface area (Å²) >= 11 is 0. The molecule has 0 saturated heterocycles. The fraction of sp³-hybridized carbons (Fsp3) is 0.348. The summed E-state index contributed by atoms with van der Waals surface area (Å²) in [6.07, 6.45) is 6.52. The van der Waals surface area contributed by atoms with Crippen LogP contribution in [-0.2, 0) is 13.1 Å². The zero-order chi connectivity index (χ0) is 21.6. The number of hydrogen-bond acceptors (Lipinski definition) is 5. The summed E-state index contributed by atoms with van der Waals surface area (Å²) in [5, 5.41) is 10.8. The van der Waals surface area contributed by atoms with E-state index in [-0.39, 0.29) is 24.0 Å². The van der Waals surface area contributed by atoms with Crippen LogP contribution in [0.25, 0.3) is 0 Å². The number of nitrogens with zero attached hydrogens (tertiary/aromatic N) is 4. The van der Waals surface area contributed by atoms with Gasteiger partial charge < -0.3 is 20.1 Å². The largest absolute Gasteiger partial charge is 0.490 e. The molecule has 0 saturated carbocycles. The van der Waals surface area contributed by atoms with Gasteiger partial charge in [0.25, 0.3) is 0 Å². The molecular formula is C23H31IN6O2. The second-order valence-corrected chi connectivity index (χ2v) is 6.76. The molecule has 0 atom stereocenters. The Morgan fingerprint density at radius 2 is 1.88 bits per heavy atom. The highest BCUT2D eigenvalue weighted by molar-refractivity contribution is 14.0. The SMILES string of the molecule is CCNC(=NCc1ccc(OCCOc2ccccc2)nc1)NCCCn1cccn1.I. The van der Waals surface area contributed by atoms with E-state index in [0.29, 0.717) is 25.6 Å². The Hall–Kier alpha value is -2.82. The topological polar surface area (TPSA) is 85.6 Å². The minimum Gasteiger partial charge on any atom is -0.490 e. The van der Waals surface area contributed by atoms with Crippen molar-refractivity contribution < 1.29 is 9.47 Å². The Bertz CT molecular complexity index is 889. The van der Waals surface area contributed by atoms with Crippen molar-refractivity contribution in [3.05, 3.63) is 72.7 Å². The van der Waals surface area contributed by atoms with Crippen LogP contribution in [0.15, 0.2) is 72.1 Å². The van der Waals surface area contributed by atoms with E-state index < -0.39 is 0 Å². The first-order valence-corrected chi connectivity index (χ1v) is 10.6. The van der Waals surface area contributed by atoms with Crippen LogP contribution in [0.2, 0.25) is 0 Å². The Labute approximate surface area is 206 Å². The smallest absolute Gasteiger partial charge is 0.213 e. The van der Waals surface area contributed by atoms with Crippen LogP contribution >= 0.6 is 24.0 Å². The molecule has 1 aromatic carbocycles. The molecule has 9 heteroatoms. The lowest BCUT2D eigenvalue weighted by Gasteiger charge is -2.11. The third-order valence-electron chi connectivity index (χ3n) is 4.32. The van der Waals surface area contributed by atoms with Crippen LogP contribution in [-0.4, -0.2) is 47.0 Å². The van der Waals surface area contributed by atoms with E-state index in [4.69, 9.17) is 9.47 Å². The van der Waals surface area contributed by atoms with Crippen molar-refractivity contribution in [2.24, 2.45) is 4.99 Å². The molecule has 2 heterocycles. The molecule has 0 amide bonds. The molecule has 8 nitrogen and oxygen atoms in total. The summed E-state index contributed by atoms with van der Waals surface area (Å²) in [7, 11) is 0. The molecule has 0 aliphatic rings. The number of hydrogen-bond donors (Lipinski definition) is 2. The summed E-state index contributed by atoms with van der Waals surface area (Å²) < 4.78 is 13.2. The molecule has 172 valence electrons. The number of aryl methyl sites for hydroxylation is 1. The van der Waals surface area contributed by atoms with Crippen molar-refractivity contribution >= 4 is 29.9 Å². The minimum absolute atomic E-state index is 0. The van der Waals surface area contributed by atoms with Crippen molar-refractivity contribution in [3.63, 3.8) is 0 Å². The van der Waals surface area contributed by atoms with Crippen molar-refractivity contribution in [1.29, 1.82) is 0 Å². The molecule has 0 bridgehead atoms. The number of pyridine rings is 1. The Morgan fingerprint density at radius 1 is 1.03 bits per heavy atom. The van der Waals surface area contributed by atoms with E-state index in [1.54, 1.807) is 12.4 Å². The van der Waals surface area contributed by atoms with Gasteiger partial charge in [-0.05, 0) is 37.1 Å². The van der Waals surface area contributed by atoms with E-state index in [2.05, 4.69) is 32.6 Å². The zero-order valence-corrected chi connectivity index (χ0v) is 20.6. The van der Waals surface area contributed by atoms with Gasteiger partial charge in [-0.2, -0.15) is 5.10 Å². The average molecular weight is 550 g/mol. The van der Waals surface area contributed by atoms with Crippen LogP contribution in [0.3, 0.4) is 0 Å². The van der Waals surface area contributed by atoms with Crippen LogP contribution in [0.5, 0.6) is 11.6 Å². The normalized spacial score (nSPS) is 10.8. The fourth-order valence-electron chi connectivity index (χ4n) is 2.80. The van der Waals surface area contributed by atoms with Crippen LogP contribution in [0, 0.1) is 0 Å². The van der Waals surface area contributed by atoms with Crippen LogP contribution < -0.4 is 20.1 Å². The molecule has 0 aliphatic carbocycles. The minimum atomic E-state index is 0. The van der Waals surface area contributed by atoms with Gasteiger partial charge in [0.15, 0.2) is 5.96 Å². The number of rotatable bonds is 12. The van der Waals surface area contributed by atoms with E-state index in [1.165, 1.54) is 0 Å². The summed E-state index contributed by atoms with van der Waals surface area (Å²) in [5.74, 6) is 2.20. The molecule has 0 aliphatic heterocycles. The summed E-state index contributed by atoms with van der Waals surface area (Å²) in [6.45, 7) is 6.00. The zero-order valence-electron chi connectivity index (χ0n) is 18.3. The number of ether oxygens (including phenoxy) is 2. The molecule has 3 rings (SSSR count). The summed E-state index contributed by atoms with van der Waals surface area (Å²) in [5.41, 5.74) is 1.02. The monoisotopic (exact) mass is 550 g/mol. The Morgan fingerprint density at radius 3 is 2.59 bits per heavy atom. The van der Waals surface area contributed by atoms with Gasteiger partial charge in [-0.15, -0.1) is 24.0 Å². The lowest BCUT2D eigenvalue weighted by Crippen LogP contribution is -2.38. The van der Waals surface area contributed by atoms with Crippen molar-refractivity contribution in [3.8, 4) is 11.6 Å². The van der Waals surface area contributed by atoms with E-state index in [0.717, 1.165) is 43.3 Å². The molecule has 2 N–H and O–H groups in total. The fourth-order valence-corrected chi connectivity index (χ4v) is 2.80. The second-order valence-electron chi connectivity index (χ2n) is 6.76. The summed E-state index contributed by atoms with van der Waals surface area (Å²) in [6, 6.07) is 15.4. The van der Waals surface area contributed by atoms with Gasteiger partial charge in [0.2, 0.25) is 5.88 Å². The Kier molecular flexibility index (Phi) is 12.0. The molecule has 0 fully saturated rings. The highest BCUT2D eigenvalue weighted by atomic mass is 127. The number of nitrogens with one attached hydrogen (secondary N) is 2. The lowest BCUT2D eigenvalue weighted by molar-refractivity contribution is 0.212. The number of halogens is 1. The quantitative estimate of drug-likeness (QED) is 0.156. The molecule has 0 spiro atoms. The number of para-hydroxylation sites is 1. The number of aromatic nitrogens is 3. The van der Waals surface area contributed by atoms with Crippen molar-refractivity contribution in [2.75, 3.05) is 26.3 Å². The van der Waals surface area contributed by atoms with Crippen LogP contribution in [0.1, 0.15) is 18.9 Å². The number of guanidine groups is 1. The molecule has 2 aromatic heterocycles. The van der Waals surface area contributed by atoms with Crippen molar-refractivity contribution in [2.45, 2.75) is 26.4 Å². The van der Waals surface area contributed by atoms with E-state index >= 15 is 0 Å². The maximum absolute atomic E-state index is 5.64. The van der Waals surface area contributed by atoms with E-state index in [9.17, 15) is 0 Å². The lowest BCUT2D eigenvalue weighted by atomic mass is 10.3. The maximum Gasteiger partial charge on any atom is 0.213 e. The first-order chi connectivity index (χ1) is 15.3. The van der Waals surface area contributed by atoms with Gasteiger partial charge in [0.1, 0.15) is 19.0 Å². The summed E-state index contributed by atoms with van der Waals surface area (Å²) in [4.78, 5) is 8.98. The molecule has 3 aromatic rings.